The minimum atomic E-state index is -1.07. The lowest BCUT2D eigenvalue weighted by Gasteiger charge is -2.14. The van der Waals surface area contributed by atoms with Crippen molar-refractivity contribution in [2.75, 3.05) is 32.7 Å². The van der Waals surface area contributed by atoms with Crippen LogP contribution in [0, 0.1) is 10.1 Å². The van der Waals surface area contributed by atoms with E-state index in [0.717, 1.165) is 6.07 Å². The Labute approximate surface area is 191 Å². The standard InChI is InChI=1S/C20H16ClN3O9/c1-31-14-7-15(32-2)12(6-11(14)21)22-16(25)9-33-17(26)8-23-19(27)10-4-3-5-13(24(29)30)18(10)20(23)28/h3-7H,8-9H2,1-2H3,(H,22,25). The fourth-order valence-electron chi connectivity index (χ4n) is 3.08. The summed E-state index contributed by atoms with van der Waals surface area (Å²) in [6.07, 6.45) is 0. The predicted molar refractivity (Wildman–Crippen MR) is 113 cm³/mol. The molecule has 3 amide bonds. The van der Waals surface area contributed by atoms with Gasteiger partial charge in [0, 0.05) is 12.1 Å². The van der Waals surface area contributed by atoms with Gasteiger partial charge in [-0.05, 0) is 12.1 Å². The smallest absolute Gasteiger partial charge is 0.326 e. The maximum atomic E-state index is 12.5. The average Bonchev–Trinajstić information content (AvgIpc) is 3.02. The molecule has 0 bridgehead atoms. The summed E-state index contributed by atoms with van der Waals surface area (Å²) in [4.78, 5) is 60.1. The zero-order chi connectivity index (χ0) is 24.3. The Morgan fingerprint density at radius 2 is 1.82 bits per heavy atom. The predicted octanol–water partition coefficient (Wildman–Crippen LogP) is 2.04. The van der Waals surface area contributed by atoms with Crippen LogP contribution in [-0.4, -0.2) is 60.9 Å². The lowest BCUT2D eigenvalue weighted by atomic mass is 10.1. The molecule has 0 atom stereocenters. The molecule has 3 rings (SSSR count). The third-order valence-electron chi connectivity index (χ3n) is 4.57. The van der Waals surface area contributed by atoms with Crippen LogP contribution in [0.5, 0.6) is 11.5 Å². The first-order valence-electron chi connectivity index (χ1n) is 9.18. The Morgan fingerprint density at radius 3 is 2.45 bits per heavy atom. The Bertz CT molecular complexity index is 1180. The number of benzene rings is 2. The number of halogens is 1. The van der Waals surface area contributed by atoms with Gasteiger partial charge >= 0.3 is 5.97 Å². The molecule has 1 aliphatic rings. The van der Waals surface area contributed by atoms with Gasteiger partial charge in [-0.2, -0.15) is 0 Å². The van der Waals surface area contributed by atoms with Gasteiger partial charge < -0.3 is 19.5 Å². The van der Waals surface area contributed by atoms with Gasteiger partial charge in [-0.1, -0.05) is 17.7 Å². The lowest BCUT2D eigenvalue weighted by molar-refractivity contribution is -0.385. The average molecular weight is 478 g/mol. The number of nitrogens with one attached hydrogen (secondary N) is 1. The molecule has 0 saturated heterocycles. The molecule has 0 radical (unpaired) electrons. The summed E-state index contributed by atoms with van der Waals surface area (Å²) in [7, 11) is 2.77. The second-order valence-electron chi connectivity index (χ2n) is 6.55. The molecule has 0 unspecified atom stereocenters. The van der Waals surface area contributed by atoms with Crippen molar-refractivity contribution in [2.45, 2.75) is 0 Å². The van der Waals surface area contributed by atoms with E-state index >= 15 is 0 Å². The van der Waals surface area contributed by atoms with E-state index in [1.54, 1.807) is 0 Å². The fraction of sp³-hybridized carbons (Fsp3) is 0.200. The number of carbonyl (C=O) groups excluding carboxylic acids is 4. The van der Waals surface area contributed by atoms with Crippen LogP contribution in [0.4, 0.5) is 11.4 Å². The number of fused-ring (bicyclic) bond motifs is 1. The Morgan fingerprint density at radius 1 is 1.12 bits per heavy atom. The van der Waals surface area contributed by atoms with Crippen molar-refractivity contribution in [3.8, 4) is 11.5 Å². The highest BCUT2D eigenvalue weighted by atomic mass is 35.5. The summed E-state index contributed by atoms with van der Waals surface area (Å²) < 4.78 is 15.0. The van der Waals surface area contributed by atoms with Gasteiger partial charge in [0.05, 0.1) is 35.4 Å². The molecule has 0 spiro atoms. The summed E-state index contributed by atoms with van der Waals surface area (Å²) in [6.45, 7) is -1.57. The molecule has 1 N–H and O–H groups in total. The van der Waals surface area contributed by atoms with Crippen molar-refractivity contribution in [3.63, 3.8) is 0 Å². The van der Waals surface area contributed by atoms with Gasteiger partial charge in [-0.25, -0.2) is 0 Å². The number of methoxy groups -OCH3 is 2. The summed E-state index contributed by atoms with van der Waals surface area (Å²) >= 11 is 6.03. The molecule has 1 aliphatic heterocycles. The van der Waals surface area contributed by atoms with Gasteiger partial charge in [-0.15, -0.1) is 0 Å². The molecule has 0 aliphatic carbocycles. The van der Waals surface area contributed by atoms with Crippen LogP contribution in [-0.2, 0) is 14.3 Å². The second kappa shape index (κ2) is 9.53. The Hall–Kier alpha value is -4.19. The van der Waals surface area contributed by atoms with E-state index in [2.05, 4.69) is 5.32 Å². The van der Waals surface area contributed by atoms with E-state index in [1.807, 2.05) is 0 Å². The highest BCUT2D eigenvalue weighted by Crippen LogP contribution is 2.36. The van der Waals surface area contributed by atoms with Crippen molar-refractivity contribution < 1.29 is 38.3 Å². The quantitative estimate of drug-likeness (QED) is 0.260. The lowest BCUT2D eigenvalue weighted by Crippen LogP contribution is -2.36. The molecule has 2 aromatic carbocycles. The van der Waals surface area contributed by atoms with Crippen LogP contribution in [0.25, 0.3) is 0 Å². The van der Waals surface area contributed by atoms with Gasteiger partial charge in [0.2, 0.25) is 0 Å². The van der Waals surface area contributed by atoms with Gasteiger partial charge in [-0.3, -0.25) is 34.2 Å². The number of carbonyl (C=O) groups is 4. The molecular formula is C20H16ClN3O9. The van der Waals surface area contributed by atoms with Crippen LogP contribution >= 0.6 is 11.6 Å². The number of nitro benzene ring substituents is 1. The molecule has 0 saturated carbocycles. The molecule has 33 heavy (non-hydrogen) atoms. The van der Waals surface area contributed by atoms with E-state index in [1.165, 1.54) is 38.5 Å². The summed E-state index contributed by atoms with van der Waals surface area (Å²) in [5.41, 5.74) is -0.949. The van der Waals surface area contributed by atoms with E-state index in [0.29, 0.717) is 10.6 Å². The molecule has 2 aromatic rings. The van der Waals surface area contributed by atoms with Crippen molar-refractivity contribution in [1.29, 1.82) is 0 Å². The highest BCUT2D eigenvalue weighted by molar-refractivity contribution is 6.32. The van der Waals surface area contributed by atoms with E-state index < -0.39 is 53.0 Å². The minimum absolute atomic E-state index is 0.191. The Kier molecular flexibility index (Phi) is 6.78. The zero-order valence-electron chi connectivity index (χ0n) is 17.2. The SMILES string of the molecule is COc1cc(OC)c(NC(=O)COC(=O)CN2C(=O)c3cccc([N+](=O)[O-])c3C2=O)cc1Cl. The summed E-state index contributed by atoms with van der Waals surface area (Å²) in [5, 5.41) is 13.8. The molecule has 13 heteroatoms. The number of nitrogens with zero attached hydrogens (tertiary/aromatic N) is 2. The molecule has 1 heterocycles. The monoisotopic (exact) mass is 477 g/mol. The highest BCUT2D eigenvalue weighted by Gasteiger charge is 2.42. The van der Waals surface area contributed by atoms with Crippen molar-refractivity contribution in [1.82, 2.24) is 4.90 Å². The van der Waals surface area contributed by atoms with Crippen LogP contribution in [0.1, 0.15) is 20.7 Å². The first-order valence-corrected chi connectivity index (χ1v) is 9.56. The van der Waals surface area contributed by atoms with Crippen molar-refractivity contribution in [2.24, 2.45) is 0 Å². The van der Waals surface area contributed by atoms with Crippen LogP contribution < -0.4 is 14.8 Å². The van der Waals surface area contributed by atoms with Crippen LogP contribution in [0.15, 0.2) is 30.3 Å². The van der Waals surface area contributed by atoms with Crippen molar-refractivity contribution >= 4 is 46.7 Å². The maximum absolute atomic E-state index is 12.5. The normalized spacial score (nSPS) is 12.3. The first kappa shape index (κ1) is 23.5. The third-order valence-corrected chi connectivity index (χ3v) is 4.87. The number of nitro groups is 1. The molecule has 12 nitrogen and oxygen atoms in total. The number of hydrogen-bond donors (Lipinski definition) is 1. The molecular weight excluding hydrogens is 462 g/mol. The van der Waals surface area contributed by atoms with Crippen LogP contribution in [0.2, 0.25) is 5.02 Å². The number of amides is 3. The molecule has 172 valence electrons. The number of imide groups is 1. The first-order chi connectivity index (χ1) is 15.7. The van der Waals surface area contributed by atoms with E-state index in [9.17, 15) is 29.3 Å². The fourth-order valence-corrected chi connectivity index (χ4v) is 3.32. The molecule has 0 aromatic heterocycles. The number of esters is 1. The number of hydrogen-bond acceptors (Lipinski definition) is 9. The second-order valence-corrected chi connectivity index (χ2v) is 6.96. The summed E-state index contributed by atoms with van der Waals surface area (Å²) in [5.74, 6) is -3.13. The van der Waals surface area contributed by atoms with Crippen LogP contribution in [0.3, 0.4) is 0 Å². The number of ether oxygens (including phenoxy) is 3. The number of anilines is 1. The largest absolute Gasteiger partial charge is 0.495 e. The zero-order valence-corrected chi connectivity index (χ0v) is 18.0. The van der Waals surface area contributed by atoms with E-state index in [4.69, 9.17) is 25.8 Å². The summed E-state index contributed by atoms with van der Waals surface area (Å²) in [6, 6.07) is 6.41. The topological polar surface area (TPSA) is 154 Å². The maximum Gasteiger partial charge on any atom is 0.326 e. The van der Waals surface area contributed by atoms with Crippen molar-refractivity contribution in [3.05, 3.63) is 56.6 Å². The van der Waals surface area contributed by atoms with E-state index in [-0.39, 0.29) is 22.0 Å². The number of rotatable bonds is 8. The van der Waals surface area contributed by atoms with Gasteiger partial charge in [0.25, 0.3) is 23.4 Å². The van der Waals surface area contributed by atoms with Gasteiger partial charge in [0.1, 0.15) is 23.6 Å². The third kappa shape index (κ3) is 4.70. The Balaban J connectivity index is 1.62. The van der Waals surface area contributed by atoms with Gasteiger partial charge in [0.15, 0.2) is 6.61 Å². The molecule has 0 fully saturated rings. The minimum Gasteiger partial charge on any atom is -0.495 e.